The first kappa shape index (κ1) is 27.1. The van der Waals surface area contributed by atoms with E-state index in [0.29, 0.717) is 17.6 Å². The molecule has 0 spiro atoms. The third-order valence-electron chi connectivity index (χ3n) is 7.40. The van der Waals surface area contributed by atoms with Crippen LogP contribution in [-0.4, -0.2) is 56.6 Å². The number of carbonyl (C=O) groups is 2. The molecule has 2 aromatic carbocycles. The van der Waals surface area contributed by atoms with Crippen molar-refractivity contribution in [3.05, 3.63) is 59.7 Å². The van der Waals surface area contributed by atoms with Gasteiger partial charge in [-0.15, -0.1) is 0 Å². The Morgan fingerprint density at radius 1 is 0.973 bits per heavy atom. The van der Waals surface area contributed by atoms with E-state index in [9.17, 15) is 23.1 Å². The van der Waals surface area contributed by atoms with Crippen molar-refractivity contribution in [1.29, 1.82) is 0 Å². The highest BCUT2D eigenvalue weighted by Gasteiger charge is 2.37. The number of aliphatic carboxylic acids is 1. The van der Waals surface area contributed by atoms with E-state index in [-0.39, 0.29) is 36.9 Å². The van der Waals surface area contributed by atoms with Gasteiger partial charge in [0.1, 0.15) is 19.0 Å². The molecular formula is C28H35NO7S. The van der Waals surface area contributed by atoms with Crippen LogP contribution in [0, 0.1) is 24.7 Å². The predicted octanol–water partition coefficient (Wildman–Crippen LogP) is 4.06. The molecule has 200 valence electrons. The number of hydrogen-bond acceptors (Lipinski definition) is 6. The van der Waals surface area contributed by atoms with Crippen LogP contribution >= 0.6 is 0 Å². The molecule has 2 aliphatic rings. The van der Waals surface area contributed by atoms with E-state index >= 15 is 0 Å². The number of hydrogen-bond donors (Lipinski definition) is 1. The Balaban J connectivity index is 1.23. The summed E-state index contributed by atoms with van der Waals surface area (Å²) in [6.07, 6.45) is 5.03. The minimum atomic E-state index is -3.85. The highest BCUT2D eigenvalue weighted by atomic mass is 32.2. The van der Waals surface area contributed by atoms with Gasteiger partial charge in [0.2, 0.25) is 5.91 Å². The smallest absolute Gasteiger partial charge is 0.307 e. The molecule has 1 amide bonds. The van der Waals surface area contributed by atoms with E-state index in [0.717, 1.165) is 24.2 Å². The number of carbonyl (C=O) groups excluding carboxylic acids is 1. The Morgan fingerprint density at radius 3 is 2.19 bits per heavy atom. The maximum absolute atomic E-state index is 12.9. The SMILES string of the molecule is Cc1ccc(S(=O)(=O)OCCOc2ccc(CC(CC(=O)N3C[C@H]4CCCC[C@H]4C3)C(=O)O)cc2)cc1. The summed E-state index contributed by atoms with van der Waals surface area (Å²) < 4.78 is 35.1. The molecule has 37 heavy (non-hydrogen) atoms. The normalized spacial score (nSPS) is 20.3. The summed E-state index contributed by atoms with van der Waals surface area (Å²) in [5, 5.41) is 9.73. The third kappa shape index (κ3) is 7.32. The zero-order chi connectivity index (χ0) is 26.4. The van der Waals surface area contributed by atoms with E-state index in [1.807, 2.05) is 11.8 Å². The van der Waals surface area contributed by atoms with Crippen LogP contribution < -0.4 is 4.74 Å². The van der Waals surface area contributed by atoms with Gasteiger partial charge in [0.25, 0.3) is 10.1 Å². The van der Waals surface area contributed by atoms with Gasteiger partial charge < -0.3 is 14.7 Å². The lowest BCUT2D eigenvalue weighted by Gasteiger charge is -2.22. The fourth-order valence-corrected chi connectivity index (χ4v) is 6.17. The summed E-state index contributed by atoms with van der Waals surface area (Å²) in [5.41, 5.74) is 1.75. The largest absolute Gasteiger partial charge is 0.491 e. The molecule has 0 radical (unpaired) electrons. The molecule has 3 atom stereocenters. The van der Waals surface area contributed by atoms with E-state index in [1.165, 1.54) is 37.8 Å². The monoisotopic (exact) mass is 529 g/mol. The van der Waals surface area contributed by atoms with Crippen molar-refractivity contribution >= 4 is 22.0 Å². The average Bonchev–Trinajstić information content (AvgIpc) is 3.32. The number of aryl methyl sites for hydroxylation is 1. The van der Waals surface area contributed by atoms with Gasteiger partial charge in [-0.2, -0.15) is 8.42 Å². The van der Waals surface area contributed by atoms with Crippen LogP contribution in [0.15, 0.2) is 53.4 Å². The number of ether oxygens (including phenoxy) is 1. The first-order chi connectivity index (χ1) is 17.7. The van der Waals surface area contributed by atoms with E-state index in [4.69, 9.17) is 8.92 Å². The van der Waals surface area contributed by atoms with E-state index < -0.39 is 22.0 Å². The number of nitrogens with zero attached hydrogens (tertiary/aromatic N) is 1. The van der Waals surface area contributed by atoms with Crippen LogP contribution in [0.3, 0.4) is 0 Å². The molecule has 4 rings (SSSR count). The number of benzene rings is 2. The first-order valence-corrected chi connectivity index (χ1v) is 14.3. The summed E-state index contributed by atoms with van der Waals surface area (Å²) in [7, 11) is -3.85. The number of fused-ring (bicyclic) bond motifs is 1. The van der Waals surface area contributed by atoms with Crippen LogP contribution in [-0.2, 0) is 30.3 Å². The number of likely N-dealkylation sites (tertiary alicyclic amines) is 1. The van der Waals surface area contributed by atoms with Crippen molar-refractivity contribution in [2.45, 2.75) is 50.3 Å². The number of carboxylic acid groups (broad SMARTS) is 1. The molecule has 0 aromatic heterocycles. The molecule has 1 unspecified atom stereocenters. The number of amides is 1. The molecule has 1 saturated heterocycles. The van der Waals surface area contributed by atoms with Crippen LogP contribution in [0.1, 0.15) is 43.2 Å². The molecule has 9 heteroatoms. The van der Waals surface area contributed by atoms with Crippen molar-refractivity contribution in [3.63, 3.8) is 0 Å². The fraction of sp³-hybridized carbons (Fsp3) is 0.500. The fourth-order valence-electron chi connectivity index (χ4n) is 5.28. The second kappa shape index (κ2) is 12.1. The van der Waals surface area contributed by atoms with Gasteiger partial charge in [-0.1, -0.05) is 42.7 Å². The standard InChI is InChI=1S/C28H35NO7S/c1-20-6-12-26(13-7-20)37(33,34)36-15-14-35-25-10-8-21(9-11-25)16-24(28(31)32)17-27(30)29-18-22-4-2-3-5-23(22)19-29/h6-13,22-24H,2-5,14-19H2,1H3,(H,31,32)/t22-,23+,24?. The molecular weight excluding hydrogens is 494 g/mol. The van der Waals surface area contributed by atoms with E-state index in [2.05, 4.69) is 0 Å². The molecule has 2 fully saturated rings. The Labute approximate surface area is 218 Å². The Kier molecular flexibility index (Phi) is 8.87. The van der Waals surface area contributed by atoms with Crippen molar-refractivity contribution < 1.29 is 32.0 Å². The van der Waals surface area contributed by atoms with Crippen molar-refractivity contribution in [3.8, 4) is 5.75 Å². The van der Waals surface area contributed by atoms with Gasteiger partial charge in [-0.05, 0) is 67.9 Å². The highest BCUT2D eigenvalue weighted by molar-refractivity contribution is 7.86. The zero-order valence-electron chi connectivity index (χ0n) is 21.2. The third-order valence-corrected chi connectivity index (χ3v) is 8.73. The Morgan fingerprint density at radius 2 is 1.59 bits per heavy atom. The maximum Gasteiger partial charge on any atom is 0.307 e. The Bertz CT molecular complexity index is 1160. The lowest BCUT2D eigenvalue weighted by Crippen LogP contribution is -2.33. The van der Waals surface area contributed by atoms with Crippen molar-refractivity contribution in [2.24, 2.45) is 17.8 Å². The molecule has 8 nitrogen and oxygen atoms in total. The average molecular weight is 530 g/mol. The van der Waals surface area contributed by atoms with Gasteiger partial charge in [0.15, 0.2) is 0 Å². The molecule has 0 bridgehead atoms. The summed E-state index contributed by atoms with van der Waals surface area (Å²) >= 11 is 0. The Hall–Kier alpha value is -2.91. The lowest BCUT2D eigenvalue weighted by atomic mass is 9.82. The second-order valence-corrected chi connectivity index (χ2v) is 11.7. The summed E-state index contributed by atoms with van der Waals surface area (Å²) in [5.74, 6) is -0.173. The molecule has 1 heterocycles. The van der Waals surface area contributed by atoms with Gasteiger partial charge in [-0.25, -0.2) is 0 Å². The summed E-state index contributed by atoms with van der Waals surface area (Å²) in [6, 6.07) is 13.4. The van der Waals surface area contributed by atoms with E-state index in [1.54, 1.807) is 36.4 Å². The van der Waals surface area contributed by atoms with Crippen molar-refractivity contribution in [1.82, 2.24) is 4.90 Å². The number of rotatable bonds is 11. The van der Waals surface area contributed by atoms with Gasteiger partial charge >= 0.3 is 5.97 Å². The predicted molar refractivity (Wildman–Crippen MR) is 138 cm³/mol. The van der Waals surface area contributed by atoms with Crippen LogP contribution in [0.2, 0.25) is 0 Å². The highest BCUT2D eigenvalue weighted by Crippen LogP contribution is 2.36. The summed E-state index contributed by atoms with van der Waals surface area (Å²) in [6.45, 7) is 3.29. The van der Waals surface area contributed by atoms with Gasteiger partial charge in [-0.3, -0.25) is 13.8 Å². The molecule has 1 saturated carbocycles. The summed E-state index contributed by atoms with van der Waals surface area (Å²) in [4.78, 5) is 26.7. The molecule has 1 N–H and O–H groups in total. The minimum Gasteiger partial charge on any atom is -0.491 e. The molecule has 1 aliphatic heterocycles. The lowest BCUT2D eigenvalue weighted by molar-refractivity contribution is -0.145. The van der Waals surface area contributed by atoms with Crippen LogP contribution in [0.25, 0.3) is 0 Å². The molecule has 1 aliphatic carbocycles. The minimum absolute atomic E-state index is 0.000178. The number of carboxylic acids is 1. The maximum atomic E-state index is 12.9. The zero-order valence-corrected chi connectivity index (χ0v) is 22.0. The van der Waals surface area contributed by atoms with Gasteiger partial charge in [0, 0.05) is 19.5 Å². The first-order valence-electron chi connectivity index (χ1n) is 12.9. The second-order valence-electron chi connectivity index (χ2n) is 10.1. The van der Waals surface area contributed by atoms with Crippen LogP contribution in [0.4, 0.5) is 0 Å². The van der Waals surface area contributed by atoms with Gasteiger partial charge in [0.05, 0.1) is 10.8 Å². The quantitative estimate of drug-likeness (QED) is 0.345. The topological polar surface area (TPSA) is 110 Å². The van der Waals surface area contributed by atoms with Crippen molar-refractivity contribution in [2.75, 3.05) is 26.3 Å². The van der Waals surface area contributed by atoms with Crippen LogP contribution in [0.5, 0.6) is 5.75 Å². The molecule has 2 aromatic rings.